The third-order valence-electron chi connectivity index (χ3n) is 7.50. The lowest BCUT2D eigenvalue weighted by Gasteiger charge is -2.38. The Bertz CT molecular complexity index is 1430. The lowest BCUT2D eigenvalue weighted by atomic mass is 9.99. The molecule has 3 N–H and O–H groups in total. The van der Waals surface area contributed by atoms with Crippen molar-refractivity contribution in [3.8, 4) is 11.5 Å². The van der Waals surface area contributed by atoms with Gasteiger partial charge in [-0.3, -0.25) is 9.69 Å². The number of fused-ring (bicyclic) bond motifs is 1. The molecule has 44 heavy (non-hydrogen) atoms. The van der Waals surface area contributed by atoms with Gasteiger partial charge in [0.25, 0.3) is 5.91 Å². The predicted molar refractivity (Wildman–Crippen MR) is 161 cm³/mol. The van der Waals surface area contributed by atoms with Gasteiger partial charge in [0.2, 0.25) is 0 Å². The van der Waals surface area contributed by atoms with E-state index in [2.05, 4.69) is 10.6 Å². The maximum atomic E-state index is 13.7. The second kappa shape index (κ2) is 14.0. The summed E-state index contributed by atoms with van der Waals surface area (Å²) in [6, 6.07) is 15.7. The Labute approximate surface area is 254 Å². The highest BCUT2D eigenvalue weighted by atomic mass is 19.4. The van der Waals surface area contributed by atoms with Crippen molar-refractivity contribution in [1.82, 2.24) is 9.80 Å². The summed E-state index contributed by atoms with van der Waals surface area (Å²) in [5.41, 5.74) is 1.16. The minimum absolute atomic E-state index is 0.149. The number of carbonyl (C=O) groups excluding carboxylic acids is 2. The van der Waals surface area contributed by atoms with Crippen LogP contribution < -0.4 is 20.1 Å². The molecular formula is C32H37F3N4O5. The third-order valence-corrected chi connectivity index (χ3v) is 7.50. The van der Waals surface area contributed by atoms with E-state index >= 15 is 0 Å². The van der Waals surface area contributed by atoms with Gasteiger partial charge in [0.1, 0.15) is 17.6 Å². The standard InChI is InChI=1S/C32H37F3N4O5/c1-20-16-39(21(2)19-40)30(41)27-15-25(37-31(42)36-24-9-12-26(43-4)13-10-24)11-14-28(27)44-29(20)18-38(3)17-22-5-7-23(8-6-22)32(33,34)35/h5-15,20-21,29,40H,16-19H2,1-4H3,(H2,36,37,42)/t20-,21-,29+/m0/s1. The highest BCUT2D eigenvalue weighted by Crippen LogP contribution is 2.32. The van der Waals surface area contributed by atoms with E-state index < -0.39 is 29.9 Å². The molecule has 236 valence electrons. The largest absolute Gasteiger partial charge is 0.497 e. The van der Waals surface area contributed by atoms with Gasteiger partial charge in [-0.05, 0) is 74.1 Å². The van der Waals surface area contributed by atoms with Crippen molar-refractivity contribution in [1.29, 1.82) is 0 Å². The number of likely N-dealkylation sites (N-methyl/N-ethyl adjacent to an activating group) is 1. The van der Waals surface area contributed by atoms with E-state index in [1.807, 2.05) is 18.9 Å². The summed E-state index contributed by atoms with van der Waals surface area (Å²) in [6.07, 6.45) is -4.79. The zero-order chi connectivity index (χ0) is 32.0. The first kappa shape index (κ1) is 32.6. The highest BCUT2D eigenvalue weighted by Gasteiger charge is 2.34. The molecule has 3 aromatic rings. The number of hydrogen-bond acceptors (Lipinski definition) is 6. The van der Waals surface area contributed by atoms with Crippen LogP contribution >= 0.6 is 0 Å². The number of hydrogen-bond donors (Lipinski definition) is 3. The molecule has 0 saturated heterocycles. The van der Waals surface area contributed by atoms with E-state index in [1.54, 1.807) is 61.4 Å². The topological polar surface area (TPSA) is 103 Å². The number of nitrogens with one attached hydrogen (secondary N) is 2. The van der Waals surface area contributed by atoms with Crippen molar-refractivity contribution in [3.05, 3.63) is 83.4 Å². The van der Waals surface area contributed by atoms with Crippen LogP contribution in [0.2, 0.25) is 0 Å². The van der Waals surface area contributed by atoms with Crippen LogP contribution in [0.15, 0.2) is 66.7 Å². The van der Waals surface area contributed by atoms with Gasteiger partial charge in [-0.25, -0.2) is 4.79 Å². The molecule has 1 aliphatic heterocycles. The fourth-order valence-corrected chi connectivity index (χ4v) is 4.97. The molecule has 12 heteroatoms. The second-order valence-corrected chi connectivity index (χ2v) is 11.0. The molecule has 4 rings (SSSR count). The number of alkyl halides is 3. The SMILES string of the molecule is COc1ccc(NC(=O)Nc2ccc3c(c2)C(=O)N([C@@H](C)CO)C[C@H](C)[C@@H](CN(C)Cc2ccc(C(F)(F)F)cc2)O3)cc1. The first-order chi connectivity index (χ1) is 20.9. The fourth-order valence-electron chi connectivity index (χ4n) is 4.97. The van der Waals surface area contributed by atoms with Gasteiger partial charge in [0.05, 0.1) is 30.9 Å². The molecule has 0 radical (unpaired) electrons. The summed E-state index contributed by atoms with van der Waals surface area (Å²) in [4.78, 5) is 29.9. The van der Waals surface area contributed by atoms with Crippen molar-refractivity contribution in [2.75, 3.05) is 44.5 Å². The van der Waals surface area contributed by atoms with Crippen LogP contribution in [0.5, 0.6) is 11.5 Å². The molecular weight excluding hydrogens is 577 g/mol. The number of halogens is 3. The predicted octanol–water partition coefficient (Wildman–Crippen LogP) is 5.71. The lowest BCUT2D eigenvalue weighted by Crippen LogP contribution is -2.49. The number of urea groups is 1. The minimum Gasteiger partial charge on any atom is -0.497 e. The van der Waals surface area contributed by atoms with Gasteiger partial charge in [0, 0.05) is 36.9 Å². The number of carbonyl (C=O) groups is 2. The minimum atomic E-state index is -4.40. The summed E-state index contributed by atoms with van der Waals surface area (Å²) in [6.45, 7) is 4.57. The average molecular weight is 615 g/mol. The summed E-state index contributed by atoms with van der Waals surface area (Å²) in [5, 5.41) is 15.4. The Balaban J connectivity index is 1.52. The Morgan fingerprint density at radius 3 is 2.34 bits per heavy atom. The zero-order valence-corrected chi connectivity index (χ0v) is 25.0. The van der Waals surface area contributed by atoms with E-state index in [4.69, 9.17) is 9.47 Å². The molecule has 0 saturated carbocycles. The van der Waals surface area contributed by atoms with E-state index in [1.165, 1.54) is 12.1 Å². The van der Waals surface area contributed by atoms with Gasteiger partial charge < -0.3 is 30.1 Å². The quantitative estimate of drug-likeness (QED) is 0.285. The fraction of sp³-hybridized carbons (Fsp3) is 0.375. The van der Waals surface area contributed by atoms with Crippen LogP contribution in [-0.2, 0) is 12.7 Å². The van der Waals surface area contributed by atoms with Crippen molar-refractivity contribution in [3.63, 3.8) is 0 Å². The van der Waals surface area contributed by atoms with Crippen LogP contribution in [0, 0.1) is 5.92 Å². The van der Waals surface area contributed by atoms with Crippen LogP contribution in [-0.4, -0.2) is 72.8 Å². The molecule has 0 bridgehead atoms. The van der Waals surface area contributed by atoms with Crippen molar-refractivity contribution < 1.29 is 37.3 Å². The summed E-state index contributed by atoms with van der Waals surface area (Å²) in [5.74, 6) is 0.482. The Morgan fingerprint density at radius 2 is 1.73 bits per heavy atom. The maximum Gasteiger partial charge on any atom is 0.416 e. The van der Waals surface area contributed by atoms with Crippen LogP contribution in [0.4, 0.5) is 29.3 Å². The number of anilines is 2. The van der Waals surface area contributed by atoms with Crippen molar-refractivity contribution in [2.45, 2.75) is 38.7 Å². The van der Waals surface area contributed by atoms with Gasteiger partial charge in [-0.2, -0.15) is 13.2 Å². The van der Waals surface area contributed by atoms with E-state index in [9.17, 15) is 27.9 Å². The van der Waals surface area contributed by atoms with Crippen LogP contribution in [0.25, 0.3) is 0 Å². The first-order valence-electron chi connectivity index (χ1n) is 14.2. The molecule has 0 aliphatic carbocycles. The van der Waals surface area contributed by atoms with Gasteiger partial charge in [-0.15, -0.1) is 0 Å². The smallest absolute Gasteiger partial charge is 0.416 e. The molecule has 0 fully saturated rings. The van der Waals surface area contributed by atoms with Gasteiger partial charge >= 0.3 is 12.2 Å². The van der Waals surface area contributed by atoms with Crippen molar-refractivity contribution in [2.24, 2.45) is 5.92 Å². The van der Waals surface area contributed by atoms with E-state index in [0.29, 0.717) is 48.1 Å². The maximum absolute atomic E-state index is 13.7. The Kier molecular flexibility index (Phi) is 10.4. The summed E-state index contributed by atoms with van der Waals surface area (Å²) in [7, 11) is 3.40. The molecule has 0 spiro atoms. The van der Waals surface area contributed by atoms with Gasteiger partial charge in [-0.1, -0.05) is 19.1 Å². The number of rotatable bonds is 9. The Hall–Kier alpha value is -4.29. The normalized spacial score (nSPS) is 17.7. The number of benzene rings is 3. The number of ether oxygens (including phenoxy) is 2. The highest BCUT2D eigenvalue weighted by molar-refractivity contribution is 6.02. The molecule has 3 atom stereocenters. The molecule has 0 unspecified atom stereocenters. The molecule has 1 aliphatic rings. The van der Waals surface area contributed by atoms with E-state index in [-0.39, 0.29) is 24.0 Å². The number of amides is 3. The third kappa shape index (κ3) is 8.20. The van der Waals surface area contributed by atoms with Crippen molar-refractivity contribution >= 4 is 23.3 Å². The van der Waals surface area contributed by atoms with E-state index in [0.717, 1.165) is 12.1 Å². The molecule has 3 aromatic carbocycles. The summed E-state index contributed by atoms with van der Waals surface area (Å²) >= 11 is 0. The molecule has 1 heterocycles. The molecule has 0 aromatic heterocycles. The van der Waals surface area contributed by atoms with Crippen LogP contribution in [0.3, 0.4) is 0 Å². The Morgan fingerprint density at radius 1 is 1.09 bits per heavy atom. The number of aliphatic hydroxyl groups excluding tert-OH is 1. The number of nitrogens with zero attached hydrogens (tertiary/aromatic N) is 2. The zero-order valence-electron chi connectivity index (χ0n) is 25.0. The number of methoxy groups -OCH3 is 1. The number of aliphatic hydroxyl groups is 1. The van der Waals surface area contributed by atoms with Gasteiger partial charge in [0.15, 0.2) is 0 Å². The lowest BCUT2D eigenvalue weighted by molar-refractivity contribution is -0.137. The first-order valence-corrected chi connectivity index (χ1v) is 14.2. The monoisotopic (exact) mass is 614 g/mol. The van der Waals surface area contributed by atoms with Crippen LogP contribution in [0.1, 0.15) is 35.3 Å². The summed E-state index contributed by atoms with van der Waals surface area (Å²) < 4.78 is 50.4. The average Bonchev–Trinajstić information content (AvgIpc) is 2.99. The molecule has 9 nitrogen and oxygen atoms in total. The molecule has 3 amide bonds. The second-order valence-electron chi connectivity index (χ2n) is 11.0.